The minimum atomic E-state index is 0.261. The van der Waals surface area contributed by atoms with Crippen molar-refractivity contribution in [2.45, 2.75) is 40.2 Å². The van der Waals surface area contributed by atoms with E-state index in [-0.39, 0.29) is 5.92 Å². The van der Waals surface area contributed by atoms with E-state index in [1.807, 2.05) is 55.0 Å². The lowest BCUT2D eigenvalue weighted by atomic mass is 10.1. The van der Waals surface area contributed by atoms with Crippen LogP contribution in [-0.4, -0.2) is 35.6 Å². The maximum Gasteiger partial charge on any atom is 0.222 e. The molecule has 0 saturated heterocycles. The Balaban J connectivity index is 1.65. The van der Waals surface area contributed by atoms with Gasteiger partial charge in [0.15, 0.2) is 0 Å². The normalized spacial score (nSPS) is 11.5. The third-order valence-electron chi connectivity index (χ3n) is 5.63. The van der Waals surface area contributed by atoms with E-state index in [2.05, 4.69) is 45.7 Å². The van der Waals surface area contributed by atoms with Gasteiger partial charge in [0.2, 0.25) is 5.88 Å². The molecule has 0 amide bonds. The van der Waals surface area contributed by atoms with Gasteiger partial charge in [-0.1, -0.05) is 19.9 Å². The third-order valence-corrected chi connectivity index (χ3v) is 5.63. The fraction of sp³-hybridized carbons (Fsp3) is 0.280. The predicted octanol–water partition coefficient (Wildman–Crippen LogP) is 4.88. The van der Waals surface area contributed by atoms with E-state index in [9.17, 15) is 0 Å². The summed E-state index contributed by atoms with van der Waals surface area (Å²) in [6.07, 6.45) is 5.53. The van der Waals surface area contributed by atoms with Gasteiger partial charge in [0.1, 0.15) is 17.0 Å². The number of anilines is 1. The molecule has 8 heteroatoms. The van der Waals surface area contributed by atoms with Gasteiger partial charge < -0.3 is 14.5 Å². The molecule has 168 valence electrons. The lowest BCUT2D eigenvalue weighted by Gasteiger charge is -2.15. The summed E-state index contributed by atoms with van der Waals surface area (Å²) in [5, 5.41) is 8.57. The summed E-state index contributed by atoms with van der Waals surface area (Å²) >= 11 is 0. The van der Waals surface area contributed by atoms with Gasteiger partial charge in [-0.2, -0.15) is 5.10 Å². The quantitative estimate of drug-likeness (QED) is 0.388. The molecule has 0 radical (unpaired) electrons. The molecule has 8 nitrogen and oxygen atoms in total. The molecule has 0 saturated carbocycles. The van der Waals surface area contributed by atoms with Crippen molar-refractivity contribution in [1.29, 1.82) is 0 Å². The van der Waals surface area contributed by atoms with E-state index in [4.69, 9.17) is 14.8 Å². The standard InChI is InChI=1S/C25H27N7O/c1-5-33-25-19(9-7-11-27-25)20-14-21(24-23(16(2)3)29-17(4)32(24)30-20)28-15-18-8-6-10-22-26-12-13-31(18)22/h6-14,16,28H,5,15H2,1-4H3. The van der Waals surface area contributed by atoms with E-state index < -0.39 is 0 Å². The molecule has 0 bridgehead atoms. The molecule has 0 aromatic carbocycles. The summed E-state index contributed by atoms with van der Waals surface area (Å²) in [5.74, 6) is 1.68. The van der Waals surface area contributed by atoms with E-state index in [1.54, 1.807) is 6.20 Å². The Bertz CT molecular complexity index is 1430. The first kappa shape index (κ1) is 20.9. The Hall–Kier alpha value is -3.94. The van der Waals surface area contributed by atoms with E-state index in [1.165, 1.54) is 0 Å². The van der Waals surface area contributed by atoms with Gasteiger partial charge in [0, 0.05) is 24.3 Å². The maximum atomic E-state index is 5.78. The Morgan fingerprint density at radius 3 is 2.79 bits per heavy atom. The summed E-state index contributed by atoms with van der Waals surface area (Å²) in [7, 11) is 0. The summed E-state index contributed by atoms with van der Waals surface area (Å²) < 4.78 is 9.79. The molecule has 5 aromatic heterocycles. The summed E-state index contributed by atoms with van der Waals surface area (Å²) in [6, 6.07) is 12.1. The van der Waals surface area contributed by atoms with Gasteiger partial charge in [-0.3, -0.25) is 0 Å². The number of hydrogen-bond acceptors (Lipinski definition) is 6. The van der Waals surface area contributed by atoms with Gasteiger partial charge >= 0.3 is 0 Å². The van der Waals surface area contributed by atoms with E-state index in [0.717, 1.165) is 45.3 Å². The first-order chi connectivity index (χ1) is 16.1. The van der Waals surface area contributed by atoms with Crippen LogP contribution in [0.1, 0.15) is 43.9 Å². The Morgan fingerprint density at radius 2 is 1.97 bits per heavy atom. The van der Waals surface area contributed by atoms with Gasteiger partial charge in [-0.05, 0) is 50.1 Å². The van der Waals surface area contributed by atoms with Gasteiger partial charge in [0.05, 0.1) is 35.8 Å². The number of nitrogens with zero attached hydrogens (tertiary/aromatic N) is 6. The van der Waals surface area contributed by atoms with Crippen LogP contribution >= 0.6 is 0 Å². The lowest BCUT2D eigenvalue weighted by Crippen LogP contribution is -2.08. The summed E-state index contributed by atoms with van der Waals surface area (Å²) in [4.78, 5) is 13.6. The number of hydrogen-bond donors (Lipinski definition) is 1. The average molecular weight is 442 g/mol. The predicted molar refractivity (Wildman–Crippen MR) is 129 cm³/mol. The van der Waals surface area contributed by atoms with Gasteiger partial charge in [-0.25, -0.2) is 19.5 Å². The molecule has 5 rings (SSSR count). The fourth-order valence-corrected chi connectivity index (χ4v) is 4.10. The van der Waals surface area contributed by atoms with Crippen LogP contribution in [0.3, 0.4) is 0 Å². The minimum Gasteiger partial charge on any atom is -0.477 e. The molecule has 0 aliphatic carbocycles. The number of fused-ring (bicyclic) bond motifs is 2. The second kappa shape index (κ2) is 8.54. The van der Waals surface area contributed by atoms with E-state index in [0.29, 0.717) is 19.0 Å². The summed E-state index contributed by atoms with van der Waals surface area (Å²) in [6.45, 7) is 9.40. The van der Waals surface area contributed by atoms with Crippen LogP contribution in [-0.2, 0) is 6.54 Å². The molecular weight excluding hydrogens is 414 g/mol. The molecule has 33 heavy (non-hydrogen) atoms. The maximum absolute atomic E-state index is 5.78. The molecule has 5 aromatic rings. The largest absolute Gasteiger partial charge is 0.477 e. The Kier molecular flexibility index (Phi) is 5.42. The van der Waals surface area contributed by atoms with Crippen LogP contribution in [0, 0.1) is 6.92 Å². The SMILES string of the molecule is CCOc1ncccc1-c1cc(NCc2cccc3nccn23)c2c(C(C)C)nc(C)n2n1. The van der Waals surface area contributed by atoms with Crippen molar-refractivity contribution in [2.24, 2.45) is 0 Å². The molecule has 0 aliphatic rings. The van der Waals surface area contributed by atoms with Crippen LogP contribution < -0.4 is 10.1 Å². The monoisotopic (exact) mass is 441 g/mol. The average Bonchev–Trinajstić information content (AvgIpc) is 3.43. The Morgan fingerprint density at radius 1 is 1.09 bits per heavy atom. The number of rotatable bonds is 7. The topological polar surface area (TPSA) is 81.6 Å². The van der Waals surface area contributed by atoms with Crippen molar-refractivity contribution in [1.82, 2.24) is 29.0 Å². The number of nitrogens with one attached hydrogen (secondary N) is 1. The van der Waals surface area contributed by atoms with Crippen LogP contribution in [0.5, 0.6) is 5.88 Å². The highest BCUT2D eigenvalue weighted by atomic mass is 16.5. The van der Waals surface area contributed by atoms with Gasteiger partial charge in [-0.15, -0.1) is 0 Å². The Labute approximate surface area is 192 Å². The van der Waals surface area contributed by atoms with Crippen molar-refractivity contribution in [3.05, 3.63) is 72.2 Å². The van der Waals surface area contributed by atoms with Crippen molar-refractivity contribution < 1.29 is 4.74 Å². The van der Waals surface area contributed by atoms with E-state index >= 15 is 0 Å². The molecule has 0 fully saturated rings. The first-order valence-corrected chi connectivity index (χ1v) is 11.2. The van der Waals surface area contributed by atoms with Gasteiger partial charge in [0.25, 0.3) is 0 Å². The third kappa shape index (κ3) is 3.77. The smallest absolute Gasteiger partial charge is 0.222 e. The molecule has 1 N–H and O–H groups in total. The highest BCUT2D eigenvalue weighted by Gasteiger charge is 2.20. The minimum absolute atomic E-state index is 0.261. The number of aryl methyl sites for hydroxylation is 1. The second-order valence-electron chi connectivity index (χ2n) is 8.22. The van der Waals surface area contributed by atoms with Crippen molar-refractivity contribution in [3.8, 4) is 17.1 Å². The highest BCUT2D eigenvalue weighted by molar-refractivity contribution is 5.80. The fourth-order valence-electron chi connectivity index (χ4n) is 4.10. The number of imidazole rings is 2. The van der Waals surface area contributed by atoms with Crippen LogP contribution in [0.25, 0.3) is 22.4 Å². The van der Waals surface area contributed by atoms with Crippen LogP contribution in [0.2, 0.25) is 0 Å². The molecule has 5 heterocycles. The number of ether oxygens (including phenoxy) is 1. The van der Waals surface area contributed by atoms with Crippen molar-refractivity contribution in [3.63, 3.8) is 0 Å². The highest BCUT2D eigenvalue weighted by Crippen LogP contribution is 2.33. The molecular formula is C25H27N7O. The molecule has 0 atom stereocenters. The summed E-state index contributed by atoms with van der Waals surface area (Å²) in [5.41, 5.74) is 6.64. The van der Waals surface area contributed by atoms with Crippen LogP contribution in [0.15, 0.2) is 55.0 Å². The zero-order valence-electron chi connectivity index (χ0n) is 19.3. The molecule has 0 aliphatic heterocycles. The van der Waals surface area contributed by atoms with Crippen molar-refractivity contribution >= 4 is 16.9 Å². The lowest BCUT2D eigenvalue weighted by molar-refractivity contribution is 0.328. The second-order valence-corrected chi connectivity index (χ2v) is 8.22. The zero-order chi connectivity index (χ0) is 22.9. The zero-order valence-corrected chi connectivity index (χ0v) is 19.3. The first-order valence-electron chi connectivity index (χ1n) is 11.2. The number of pyridine rings is 2. The van der Waals surface area contributed by atoms with Crippen LogP contribution in [0.4, 0.5) is 5.69 Å². The molecule has 0 spiro atoms. The van der Waals surface area contributed by atoms with Crippen molar-refractivity contribution in [2.75, 3.05) is 11.9 Å². The molecule has 0 unspecified atom stereocenters. The number of aromatic nitrogens is 6.